The van der Waals surface area contributed by atoms with Crippen LogP contribution < -0.4 is 5.32 Å². The molecule has 3 aromatic heterocycles. The van der Waals surface area contributed by atoms with Crippen LogP contribution in [0.3, 0.4) is 0 Å². The molecule has 0 aliphatic carbocycles. The predicted molar refractivity (Wildman–Crippen MR) is 160 cm³/mol. The van der Waals surface area contributed by atoms with Crippen molar-refractivity contribution in [3.8, 4) is 22.5 Å². The minimum absolute atomic E-state index is 0.240. The van der Waals surface area contributed by atoms with Crippen molar-refractivity contribution in [3.05, 3.63) is 73.6 Å². The lowest BCUT2D eigenvalue weighted by atomic mass is 10.1. The van der Waals surface area contributed by atoms with E-state index in [-0.39, 0.29) is 12.1 Å². The normalized spacial score (nSPS) is 14.5. The highest BCUT2D eigenvalue weighted by molar-refractivity contribution is 5.83. The molecule has 1 N–H and O–H groups in total. The molecule has 4 heterocycles. The van der Waals surface area contributed by atoms with Crippen LogP contribution in [-0.2, 0) is 4.74 Å². The van der Waals surface area contributed by atoms with Gasteiger partial charge in [0.05, 0.1) is 34.6 Å². The van der Waals surface area contributed by atoms with E-state index in [9.17, 15) is 4.79 Å². The second kappa shape index (κ2) is 10.8. The van der Waals surface area contributed by atoms with E-state index in [2.05, 4.69) is 69.6 Å². The van der Waals surface area contributed by atoms with Gasteiger partial charge >= 0.3 is 6.09 Å². The van der Waals surface area contributed by atoms with Crippen LogP contribution in [0.2, 0.25) is 0 Å². The highest BCUT2D eigenvalue weighted by atomic mass is 16.6. The quantitative estimate of drug-likeness (QED) is 0.274. The first-order valence-electron chi connectivity index (χ1n) is 14.2. The molecule has 6 rings (SSSR count). The average Bonchev–Trinajstić information content (AvgIpc) is 3.73. The summed E-state index contributed by atoms with van der Waals surface area (Å²) in [6.45, 7) is 9.92. The van der Waals surface area contributed by atoms with Gasteiger partial charge in [0.1, 0.15) is 11.9 Å². The summed E-state index contributed by atoms with van der Waals surface area (Å²) in [5.74, 6) is 0. The van der Waals surface area contributed by atoms with Crippen molar-refractivity contribution in [1.82, 2.24) is 34.0 Å². The second-order valence-electron chi connectivity index (χ2n) is 11.4. The molecule has 1 aliphatic heterocycles. The summed E-state index contributed by atoms with van der Waals surface area (Å²) in [5, 5.41) is 12.5. The Bertz CT molecular complexity index is 1650. The summed E-state index contributed by atoms with van der Waals surface area (Å²) >= 11 is 0. The van der Waals surface area contributed by atoms with Crippen LogP contribution in [0.25, 0.3) is 33.5 Å². The Morgan fingerprint density at radius 3 is 2.59 bits per heavy atom. The molecule has 1 fully saturated rings. The number of carbonyl (C=O) groups is 1. The monoisotopic (exact) mass is 552 g/mol. The fourth-order valence-electron chi connectivity index (χ4n) is 5.32. The van der Waals surface area contributed by atoms with E-state index in [4.69, 9.17) is 9.72 Å². The number of fused-ring (bicyclic) bond motifs is 1. The number of nitrogens with one attached hydrogen (secondary N) is 1. The molecule has 212 valence electrons. The SMILES string of the molecule is CCNc1cc(-n2cccn2)cc(-n2cnc3cc(-c4cnn(C5CCN(C(=O)OC(C)(C)C)CC5)c4)ccc32)c1. The molecule has 1 amide bonds. The number of amides is 1. The Balaban J connectivity index is 1.20. The van der Waals surface area contributed by atoms with Crippen LogP contribution in [0.5, 0.6) is 0 Å². The fraction of sp³-hybridized carbons (Fsp3) is 0.355. The van der Waals surface area contributed by atoms with E-state index >= 15 is 0 Å². The third-order valence-corrected chi connectivity index (χ3v) is 7.30. The van der Waals surface area contributed by atoms with E-state index in [1.54, 1.807) is 11.1 Å². The number of rotatable bonds is 6. The highest BCUT2D eigenvalue weighted by Crippen LogP contribution is 2.30. The first kappa shape index (κ1) is 26.6. The van der Waals surface area contributed by atoms with Crippen LogP contribution in [0.1, 0.15) is 46.6 Å². The van der Waals surface area contributed by atoms with Crippen molar-refractivity contribution in [2.75, 3.05) is 25.0 Å². The van der Waals surface area contributed by atoms with Crippen molar-refractivity contribution in [2.24, 2.45) is 0 Å². The van der Waals surface area contributed by atoms with Gasteiger partial charge in [0.25, 0.3) is 0 Å². The molecule has 1 aliphatic rings. The smallest absolute Gasteiger partial charge is 0.410 e. The summed E-state index contributed by atoms with van der Waals surface area (Å²) in [4.78, 5) is 19.0. The van der Waals surface area contributed by atoms with Crippen LogP contribution in [-0.4, -0.2) is 65.3 Å². The Labute approximate surface area is 239 Å². The summed E-state index contributed by atoms with van der Waals surface area (Å²) in [7, 11) is 0. The molecule has 10 nitrogen and oxygen atoms in total. The van der Waals surface area contributed by atoms with Gasteiger partial charge in [-0.25, -0.2) is 14.5 Å². The molecule has 41 heavy (non-hydrogen) atoms. The minimum Gasteiger partial charge on any atom is -0.444 e. The molecular weight excluding hydrogens is 516 g/mol. The van der Waals surface area contributed by atoms with Crippen molar-refractivity contribution in [2.45, 2.75) is 52.2 Å². The molecule has 0 unspecified atom stereocenters. The zero-order chi connectivity index (χ0) is 28.6. The fourth-order valence-corrected chi connectivity index (χ4v) is 5.32. The molecule has 10 heteroatoms. The van der Waals surface area contributed by atoms with Gasteiger partial charge in [-0.05, 0) is 82.5 Å². The van der Waals surface area contributed by atoms with Crippen LogP contribution in [0.4, 0.5) is 10.5 Å². The summed E-state index contributed by atoms with van der Waals surface area (Å²) in [6, 6.07) is 14.8. The molecular formula is C31H36N8O2. The third kappa shape index (κ3) is 5.68. The molecule has 0 atom stereocenters. The first-order chi connectivity index (χ1) is 19.8. The van der Waals surface area contributed by atoms with Gasteiger partial charge in [0.2, 0.25) is 0 Å². The van der Waals surface area contributed by atoms with Crippen LogP contribution >= 0.6 is 0 Å². The molecule has 0 bridgehead atoms. The van der Waals surface area contributed by atoms with Crippen molar-refractivity contribution < 1.29 is 9.53 Å². The Morgan fingerprint density at radius 1 is 1.05 bits per heavy atom. The van der Waals surface area contributed by atoms with Crippen LogP contribution in [0.15, 0.2) is 73.6 Å². The van der Waals surface area contributed by atoms with Gasteiger partial charge in [-0.2, -0.15) is 10.2 Å². The molecule has 1 saturated heterocycles. The lowest BCUT2D eigenvalue weighted by Gasteiger charge is -2.33. The number of hydrogen-bond acceptors (Lipinski definition) is 6. The van der Waals surface area contributed by atoms with Gasteiger partial charge in [-0.1, -0.05) is 6.07 Å². The highest BCUT2D eigenvalue weighted by Gasteiger charge is 2.28. The first-order valence-corrected chi connectivity index (χ1v) is 14.2. The van der Waals surface area contributed by atoms with Crippen LogP contribution in [0, 0.1) is 0 Å². The minimum atomic E-state index is -0.485. The topological polar surface area (TPSA) is 95.0 Å². The Morgan fingerprint density at radius 2 is 1.85 bits per heavy atom. The molecule has 0 spiro atoms. The second-order valence-corrected chi connectivity index (χ2v) is 11.4. The predicted octanol–water partition coefficient (Wildman–Crippen LogP) is 6.08. The number of ether oxygens (including phenoxy) is 1. The van der Waals surface area contributed by atoms with E-state index in [0.29, 0.717) is 13.1 Å². The molecule has 0 saturated carbocycles. The number of aromatic nitrogens is 6. The van der Waals surface area contributed by atoms with E-state index in [1.165, 1.54) is 0 Å². The maximum atomic E-state index is 12.4. The van der Waals surface area contributed by atoms with Gasteiger partial charge in [0, 0.05) is 49.5 Å². The van der Waals surface area contributed by atoms with E-state index < -0.39 is 5.60 Å². The standard InChI is InChI=1S/C31H36N8O2/c1-5-32-24-16-26(18-27(17-24)38-12-6-11-34-38)37-21-33-28-15-22(7-8-29(28)37)23-19-35-39(20-23)25-9-13-36(14-10-25)30(40)41-31(2,3)4/h6-8,11-12,15-21,25,32H,5,9-10,13-14H2,1-4H3. The summed E-state index contributed by atoms with van der Waals surface area (Å²) < 4.78 is 11.5. The van der Waals surface area contributed by atoms with Gasteiger partial charge < -0.3 is 15.0 Å². The Kier molecular flexibility index (Phi) is 6.98. The largest absolute Gasteiger partial charge is 0.444 e. The summed E-state index contributed by atoms with van der Waals surface area (Å²) in [5.41, 5.74) is 6.58. The molecule has 5 aromatic rings. The van der Waals surface area contributed by atoms with Gasteiger partial charge in [-0.15, -0.1) is 0 Å². The zero-order valence-electron chi connectivity index (χ0n) is 24.0. The van der Waals surface area contributed by atoms with Crippen molar-refractivity contribution in [1.29, 1.82) is 0 Å². The van der Waals surface area contributed by atoms with Gasteiger partial charge in [-0.3, -0.25) is 9.25 Å². The van der Waals surface area contributed by atoms with Crippen molar-refractivity contribution in [3.63, 3.8) is 0 Å². The molecule has 0 radical (unpaired) electrons. The lowest BCUT2D eigenvalue weighted by Crippen LogP contribution is -2.42. The number of imidazole rings is 1. The van der Waals surface area contributed by atoms with E-state index in [1.807, 2.05) is 54.9 Å². The number of carbonyl (C=O) groups excluding carboxylic acids is 1. The maximum absolute atomic E-state index is 12.4. The third-order valence-electron chi connectivity index (χ3n) is 7.30. The lowest BCUT2D eigenvalue weighted by molar-refractivity contribution is 0.0185. The number of hydrogen-bond donors (Lipinski definition) is 1. The number of piperidine rings is 1. The number of likely N-dealkylation sites (tertiary alicyclic amines) is 1. The molecule has 2 aromatic carbocycles. The maximum Gasteiger partial charge on any atom is 0.410 e. The number of anilines is 1. The summed E-state index contributed by atoms with van der Waals surface area (Å²) in [6.07, 6.45) is 11.0. The number of nitrogens with zero attached hydrogens (tertiary/aromatic N) is 7. The van der Waals surface area contributed by atoms with E-state index in [0.717, 1.165) is 58.6 Å². The van der Waals surface area contributed by atoms with Crippen molar-refractivity contribution >= 4 is 22.8 Å². The number of benzene rings is 2. The zero-order valence-corrected chi connectivity index (χ0v) is 24.0. The van der Waals surface area contributed by atoms with Gasteiger partial charge in [0.15, 0.2) is 0 Å². The average molecular weight is 553 g/mol. The Hall–Kier alpha value is -4.60.